The lowest BCUT2D eigenvalue weighted by Crippen LogP contribution is -2.53. The van der Waals surface area contributed by atoms with Crippen LogP contribution >= 0.6 is 11.6 Å². The molecule has 0 aromatic heterocycles. The van der Waals surface area contributed by atoms with Gasteiger partial charge in [0.05, 0.1) is 18.2 Å². The minimum absolute atomic E-state index is 0.156. The standard InChI is InChI=1S/C26H28ClFN4O4/c1-3-36-25(34)22-21(30(2)26(35)29-23(22)18-5-4-6-19(27)15-18)16-31-11-13-32(14-12-31)24(33)17-7-9-20(28)10-8-17/h4-10,15,23H,3,11-14,16H2,1-2H3,(H,29,35)/t23-/m1/s1. The van der Waals surface area contributed by atoms with Crippen LogP contribution in [-0.4, -0.2) is 79.0 Å². The molecule has 0 saturated carbocycles. The van der Waals surface area contributed by atoms with E-state index in [4.69, 9.17) is 16.3 Å². The first-order valence-electron chi connectivity index (χ1n) is 11.8. The predicted octanol–water partition coefficient (Wildman–Crippen LogP) is 3.45. The van der Waals surface area contributed by atoms with E-state index < -0.39 is 17.8 Å². The van der Waals surface area contributed by atoms with Gasteiger partial charge in [-0.25, -0.2) is 14.0 Å². The number of amides is 3. The van der Waals surface area contributed by atoms with Gasteiger partial charge in [-0.1, -0.05) is 23.7 Å². The highest BCUT2D eigenvalue weighted by Crippen LogP contribution is 2.32. The maximum Gasteiger partial charge on any atom is 0.338 e. The van der Waals surface area contributed by atoms with Crippen molar-refractivity contribution in [2.24, 2.45) is 0 Å². The van der Waals surface area contributed by atoms with E-state index in [0.29, 0.717) is 60.1 Å². The van der Waals surface area contributed by atoms with Crippen LogP contribution < -0.4 is 5.32 Å². The molecule has 0 aliphatic carbocycles. The summed E-state index contributed by atoms with van der Waals surface area (Å²) in [5.41, 5.74) is 2.01. The highest BCUT2D eigenvalue weighted by Gasteiger charge is 2.38. The number of likely N-dealkylation sites (N-methyl/N-ethyl adjacent to an activating group) is 1. The Hall–Kier alpha value is -3.43. The molecule has 1 saturated heterocycles. The van der Waals surface area contributed by atoms with Gasteiger partial charge in [0.2, 0.25) is 0 Å². The predicted molar refractivity (Wildman–Crippen MR) is 133 cm³/mol. The van der Waals surface area contributed by atoms with Gasteiger partial charge in [0.15, 0.2) is 0 Å². The summed E-state index contributed by atoms with van der Waals surface area (Å²) in [7, 11) is 1.62. The van der Waals surface area contributed by atoms with Crippen LogP contribution in [0.5, 0.6) is 0 Å². The van der Waals surface area contributed by atoms with Crippen molar-refractivity contribution in [3.05, 3.63) is 81.8 Å². The molecule has 190 valence electrons. The average molecular weight is 515 g/mol. The van der Waals surface area contributed by atoms with Crippen molar-refractivity contribution in [3.63, 3.8) is 0 Å². The zero-order valence-corrected chi connectivity index (χ0v) is 20.9. The zero-order valence-electron chi connectivity index (χ0n) is 20.2. The van der Waals surface area contributed by atoms with Crippen LogP contribution in [0, 0.1) is 5.82 Å². The molecule has 8 nitrogen and oxygen atoms in total. The number of halogens is 2. The Kier molecular flexibility index (Phi) is 7.91. The Morgan fingerprint density at radius 1 is 1.11 bits per heavy atom. The molecule has 36 heavy (non-hydrogen) atoms. The lowest BCUT2D eigenvalue weighted by atomic mass is 9.94. The second-order valence-corrected chi connectivity index (χ2v) is 9.09. The number of esters is 1. The molecular weight excluding hydrogens is 487 g/mol. The third-order valence-corrected chi connectivity index (χ3v) is 6.61. The number of urea groups is 1. The third kappa shape index (κ3) is 5.52. The molecule has 0 radical (unpaired) electrons. The zero-order chi connectivity index (χ0) is 25.8. The number of benzene rings is 2. The van der Waals surface area contributed by atoms with Gasteiger partial charge in [-0.3, -0.25) is 14.6 Å². The van der Waals surface area contributed by atoms with Crippen molar-refractivity contribution in [3.8, 4) is 0 Å². The molecule has 2 aromatic rings. The maximum atomic E-state index is 13.2. The van der Waals surface area contributed by atoms with E-state index >= 15 is 0 Å². The van der Waals surface area contributed by atoms with Gasteiger partial charge < -0.3 is 15.0 Å². The van der Waals surface area contributed by atoms with Gasteiger partial charge in [0, 0.05) is 56.1 Å². The fourth-order valence-electron chi connectivity index (χ4n) is 4.43. The van der Waals surface area contributed by atoms with Crippen LogP contribution in [0.25, 0.3) is 0 Å². The summed E-state index contributed by atoms with van der Waals surface area (Å²) in [6.45, 7) is 4.27. The van der Waals surface area contributed by atoms with E-state index in [9.17, 15) is 18.8 Å². The Morgan fingerprint density at radius 3 is 2.44 bits per heavy atom. The summed E-state index contributed by atoms with van der Waals surface area (Å²) in [6, 6.07) is 11.5. The van der Waals surface area contributed by atoms with Crippen LogP contribution in [0.1, 0.15) is 28.9 Å². The lowest BCUT2D eigenvalue weighted by Gasteiger charge is -2.39. The summed E-state index contributed by atoms with van der Waals surface area (Å²) >= 11 is 6.19. The number of carbonyl (C=O) groups excluding carboxylic acids is 3. The van der Waals surface area contributed by atoms with E-state index in [0.717, 1.165) is 0 Å². The summed E-state index contributed by atoms with van der Waals surface area (Å²) in [6.07, 6.45) is 0. The van der Waals surface area contributed by atoms with Gasteiger partial charge in [-0.15, -0.1) is 0 Å². The molecule has 0 bridgehead atoms. The summed E-state index contributed by atoms with van der Waals surface area (Å²) in [4.78, 5) is 44.0. The molecule has 0 spiro atoms. The number of rotatable bonds is 6. The number of nitrogens with zero attached hydrogens (tertiary/aromatic N) is 3. The van der Waals surface area contributed by atoms with Crippen molar-refractivity contribution in [2.45, 2.75) is 13.0 Å². The molecule has 2 aliphatic rings. The molecule has 3 amide bonds. The number of hydrogen-bond donors (Lipinski definition) is 1. The van der Waals surface area contributed by atoms with Gasteiger partial charge in [0.25, 0.3) is 5.91 Å². The fraction of sp³-hybridized carbons (Fsp3) is 0.346. The first-order valence-corrected chi connectivity index (χ1v) is 12.1. The molecule has 1 fully saturated rings. The molecular formula is C26H28ClFN4O4. The topological polar surface area (TPSA) is 82.2 Å². The highest BCUT2D eigenvalue weighted by molar-refractivity contribution is 6.30. The number of ether oxygens (including phenoxy) is 1. The van der Waals surface area contributed by atoms with E-state index in [1.54, 1.807) is 43.1 Å². The van der Waals surface area contributed by atoms with Crippen molar-refractivity contribution in [1.29, 1.82) is 0 Å². The molecule has 1 atom stereocenters. The van der Waals surface area contributed by atoms with Crippen LogP contribution in [0.4, 0.5) is 9.18 Å². The van der Waals surface area contributed by atoms with E-state index in [-0.39, 0.29) is 18.5 Å². The Morgan fingerprint density at radius 2 is 1.81 bits per heavy atom. The lowest BCUT2D eigenvalue weighted by molar-refractivity contribution is -0.139. The van der Waals surface area contributed by atoms with E-state index in [1.165, 1.54) is 29.2 Å². The largest absolute Gasteiger partial charge is 0.463 e. The normalized spacial score (nSPS) is 18.8. The first kappa shape index (κ1) is 25.7. The molecule has 2 heterocycles. The minimum Gasteiger partial charge on any atom is -0.463 e. The van der Waals surface area contributed by atoms with Gasteiger partial charge >= 0.3 is 12.0 Å². The van der Waals surface area contributed by atoms with Crippen molar-refractivity contribution in [1.82, 2.24) is 20.0 Å². The molecule has 4 rings (SSSR count). The minimum atomic E-state index is -0.706. The second kappa shape index (κ2) is 11.1. The molecule has 2 aliphatic heterocycles. The third-order valence-electron chi connectivity index (χ3n) is 6.38. The van der Waals surface area contributed by atoms with Gasteiger partial charge in [-0.05, 0) is 48.9 Å². The molecule has 2 aromatic carbocycles. The maximum absolute atomic E-state index is 13.2. The summed E-state index contributed by atoms with van der Waals surface area (Å²) in [5, 5.41) is 3.37. The van der Waals surface area contributed by atoms with Crippen molar-refractivity contribution in [2.75, 3.05) is 46.4 Å². The summed E-state index contributed by atoms with van der Waals surface area (Å²) < 4.78 is 18.6. The molecule has 1 N–H and O–H groups in total. The van der Waals surface area contributed by atoms with Crippen molar-refractivity contribution < 1.29 is 23.5 Å². The SMILES string of the molecule is CCOC(=O)C1=C(CN2CCN(C(=O)c3ccc(F)cc3)CC2)N(C)C(=O)N[C@@H]1c1cccc(Cl)c1. The quantitative estimate of drug-likeness (QED) is 0.597. The van der Waals surface area contributed by atoms with E-state index in [2.05, 4.69) is 10.2 Å². The number of carbonyl (C=O) groups is 3. The van der Waals surface area contributed by atoms with Crippen LogP contribution in [-0.2, 0) is 9.53 Å². The Labute approximate surface area is 214 Å². The smallest absolute Gasteiger partial charge is 0.338 e. The second-order valence-electron chi connectivity index (χ2n) is 8.65. The monoisotopic (exact) mass is 514 g/mol. The number of hydrogen-bond acceptors (Lipinski definition) is 5. The van der Waals surface area contributed by atoms with Crippen LogP contribution in [0.15, 0.2) is 59.8 Å². The molecule has 0 unspecified atom stereocenters. The fourth-order valence-corrected chi connectivity index (χ4v) is 4.63. The van der Waals surface area contributed by atoms with Crippen molar-refractivity contribution >= 4 is 29.5 Å². The van der Waals surface area contributed by atoms with Gasteiger partial charge in [0.1, 0.15) is 5.82 Å². The van der Waals surface area contributed by atoms with Gasteiger partial charge in [-0.2, -0.15) is 0 Å². The Bertz CT molecular complexity index is 1180. The average Bonchev–Trinajstić information content (AvgIpc) is 2.87. The first-order chi connectivity index (χ1) is 17.3. The highest BCUT2D eigenvalue weighted by atomic mass is 35.5. The number of nitrogens with one attached hydrogen (secondary N) is 1. The van der Waals surface area contributed by atoms with E-state index in [1.807, 2.05) is 0 Å². The molecule has 10 heteroatoms. The van der Waals surface area contributed by atoms with Crippen LogP contribution in [0.3, 0.4) is 0 Å². The summed E-state index contributed by atoms with van der Waals surface area (Å²) in [5.74, 6) is -1.05. The Balaban J connectivity index is 1.56. The van der Waals surface area contributed by atoms with Crippen LogP contribution in [0.2, 0.25) is 5.02 Å². The number of piperazine rings is 1.